The van der Waals surface area contributed by atoms with E-state index in [9.17, 15) is 8.42 Å². The normalized spacial score (nSPS) is 37.6. The Hall–Kier alpha value is -0.950. The van der Waals surface area contributed by atoms with Crippen LogP contribution in [0.4, 0.5) is 0 Å². The summed E-state index contributed by atoms with van der Waals surface area (Å²) in [5.41, 5.74) is 1.08. The second-order valence-corrected chi connectivity index (χ2v) is 10.9. The Labute approximate surface area is 162 Å². The van der Waals surface area contributed by atoms with Crippen LogP contribution in [0.5, 0.6) is 0 Å². The standard InChI is InChI=1S/C21H29NO4S/c1-14-2-6-17(7-3-14)27(23,24)22(12-15-4-8-18-20(10-15)25-18)13-16-5-9-19-21(11-16)26-19/h2-3,6-7,15-16,18-21H,4-5,8-13H2,1H3. The summed E-state index contributed by atoms with van der Waals surface area (Å²) >= 11 is 0. The van der Waals surface area contributed by atoms with E-state index in [0.29, 0.717) is 54.2 Å². The molecule has 0 aromatic heterocycles. The Balaban J connectivity index is 1.35. The number of hydrogen-bond acceptors (Lipinski definition) is 4. The monoisotopic (exact) mass is 391 g/mol. The van der Waals surface area contributed by atoms with Crippen molar-refractivity contribution in [3.63, 3.8) is 0 Å². The molecular formula is C21H29NO4S. The Morgan fingerprint density at radius 2 is 1.37 bits per heavy atom. The summed E-state index contributed by atoms with van der Waals surface area (Å²) in [6.45, 7) is 3.22. The Morgan fingerprint density at radius 1 is 0.852 bits per heavy atom. The summed E-state index contributed by atoms with van der Waals surface area (Å²) in [7, 11) is -3.47. The molecule has 1 aromatic rings. The third-order valence-electron chi connectivity index (χ3n) is 6.81. The summed E-state index contributed by atoms with van der Waals surface area (Å²) in [4.78, 5) is 0.417. The van der Waals surface area contributed by atoms with Crippen molar-refractivity contribution in [2.75, 3.05) is 13.1 Å². The molecule has 0 bridgehead atoms. The fourth-order valence-electron chi connectivity index (χ4n) is 5.01. The maximum atomic E-state index is 13.4. The van der Waals surface area contributed by atoms with E-state index in [0.717, 1.165) is 44.1 Å². The number of rotatable bonds is 6. The van der Waals surface area contributed by atoms with Gasteiger partial charge in [-0.15, -0.1) is 0 Å². The Kier molecular flexibility index (Phi) is 4.58. The van der Waals surface area contributed by atoms with E-state index in [1.165, 1.54) is 0 Å². The largest absolute Gasteiger partial charge is 0.370 e. The van der Waals surface area contributed by atoms with Gasteiger partial charge in [0.25, 0.3) is 0 Å². The molecule has 148 valence electrons. The third-order valence-corrected chi connectivity index (χ3v) is 8.65. The van der Waals surface area contributed by atoms with Crippen molar-refractivity contribution in [3.8, 4) is 0 Å². The lowest BCUT2D eigenvalue weighted by molar-refractivity contribution is 0.244. The minimum absolute atomic E-state index is 0.378. The van der Waals surface area contributed by atoms with Crippen LogP contribution in [0.1, 0.15) is 44.1 Å². The van der Waals surface area contributed by atoms with Crippen molar-refractivity contribution in [1.29, 1.82) is 0 Å². The van der Waals surface area contributed by atoms with E-state index < -0.39 is 10.0 Å². The number of ether oxygens (including phenoxy) is 2. The highest BCUT2D eigenvalue weighted by Gasteiger charge is 2.46. The van der Waals surface area contributed by atoms with Gasteiger partial charge in [0.1, 0.15) is 0 Å². The second kappa shape index (κ2) is 6.83. The lowest BCUT2D eigenvalue weighted by Crippen LogP contribution is -2.40. The highest BCUT2D eigenvalue weighted by atomic mass is 32.2. The third kappa shape index (κ3) is 3.82. The molecule has 2 aliphatic heterocycles. The molecule has 27 heavy (non-hydrogen) atoms. The molecule has 6 atom stereocenters. The highest BCUT2D eigenvalue weighted by Crippen LogP contribution is 2.42. The molecule has 2 saturated heterocycles. The Bertz CT molecular complexity index is 763. The van der Waals surface area contributed by atoms with Crippen LogP contribution in [0.25, 0.3) is 0 Å². The molecule has 2 heterocycles. The molecule has 4 fully saturated rings. The molecule has 0 radical (unpaired) electrons. The zero-order valence-electron chi connectivity index (χ0n) is 15.9. The van der Waals surface area contributed by atoms with E-state index in [1.807, 2.05) is 19.1 Å². The van der Waals surface area contributed by atoms with Gasteiger partial charge in [0.05, 0.1) is 29.3 Å². The average Bonchev–Trinajstić information content (AvgIpc) is 3.55. The first-order chi connectivity index (χ1) is 13.0. The maximum Gasteiger partial charge on any atom is 0.243 e. The van der Waals surface area contributed by atoms with Crippen LogP contribution in [0.15, 0.2) is 29.2 Å². The fourth-order valence-corrected chi connectivity index (χ4v) is 6.60. The molecule has 2 saturated carbocycles. The number of epoxide rings is 2. The zero-order chi connectivity index (χ0) is 18.6. The number of aryl methyl sites for hydroxylation is 1. The predicted molar refractivity (Wildman–Crippen MR) is 102 cm³/mol. The second-order valence-electron chi connectivity index (χ2n) is 8.92. The van der Waals surface area contributed by atoms with Crippen molar-refractivity contribution in [2.24, 2.45) is 11.8 Å². The van der Waals surface area contributed by atoms with Crippen LogP contribution < -0.4 is 0 Å². The lowest BCUT2D eigenvalue weighted by Gasteiger charge is -2.31. The van der Waals surface area contributed by atoms with E-state index >= 15 is 0 Å². The van der Waals surface area contributed by atoms with Gasteiger partial charge in [-0.2, -0.15) is 4.31 Å². The molecule has 0 N–H and O–H groups in total. The minimum Gasteiger partial charge on any atom is -0.370 e. The quantitative estimate of drug-likeness (QED) is 0.699. The first-order valence-electron chi connectivity index (χ1n) is 10.4. The van der Waals surface area contributed by atoms with Gasteiger partial charge in [0.15, 0.2) is 0 Å². The summed E-state index contributed by atoms with van der Waals surface area (Å²) in [6, 6.07) is 7.27. The molecule has 4 aliphatic rings. The molecule has 0 spiro atoms. The molecule has 5 rings (SSSR count). The first kappa shape index (κ1) is 18.1. The molecule has 0 amide bonds. The summed E-state index contributed by atoms with van der Waals surface area (Å²) in [5, 5.41) is 0. The van der Waals surface area contributed by atoms with Crippen LogP contribution in [0.2, 0.25) is 0 Å². The van der Waals surface area contributed by atoms with Crippen LogP contribution in [-0.4, -0.2) is 50.2 Å². The van der Waals surface area contributed by atoms with Crippen molar-refractivity contribution in [1.82, 2.24) is 4.31 Å². The van der Waals surface area contributed by atoms with Crippen LogP contribution in [-0.2, 0) is 19.5 Å². The van der Waals surface area contributed by atoms with Gasteiger partial charge in [0, 0.05) is 13.1 Å². The van der Waals surface area contributed by atoms with E-state index in [4.69, 9.17) is 9.47 Å². The van der Waals surface area contributed by atoms with Crippen LogP contribution in [0.3, 0.4) is 0 Å². The first-order valence-corrected chi connectivity index (χ1v) is 11.8. The average molecular weight is 392 g/mol. The van der Waals surface area contributed by atoms with Gasteiger partial charge in [-0.25, -0.2) is 8.42 Å². The molecule has 6 unspecified atom stereocenters. The van der Waals surface area contributed by atoms with E-state index in [1.54, 1.807) is 16.4 Å². The zero-order valence-corrected chi connectivity index (χ0v) is 16.7. The van der Waals surface area contributed by atoms with Gasteiger partial charge in [-0.1, -0.05) is 17.7 Å². The van der Waals surface area contributed by atoms with Gasteiger partial charge in [-0.3, -0.25) is 0 Å². The van der Waals surface area contributed by atoms with Crippen molar-refractivity contribution >= 4 is 10.0 Å². The molecule has 5 nitrogen and oxygen atoms in total. The highest BCUT2D eigenvalue weighted by molar-refractivity contribution is 7.89. The van der Waals surface area contributed by atoms with Crippen molar-refractivity contribution in [3.05, 3.63) is 29.8 Å². The maximum absolute atomic E-state index is 13.4. The summed E-state index contributed by atoms with van der Waals surface area (Å²) < 4.78 is 40.0. The van der Waals surface area contributed by atoms with Crippen LogP contribution >= 0.6 is 0 Å². The molecular weight excluding hydrogens is 362 g/mol. The number of sulfonamides is 1. The number of fused-ring (bicyclic) bond motifs is 2. The minimum atomic E-state index is -3.47. The van der Waals surface area contributed by atoms with Gasteiger partial charge in [-0.05, 0) is 69.4 Å². The topological polar surface area (TPSA) is 62.4 Å². The molecule has 1 aromatic carbocycles. The predicted octanol–water partition coefficient (Wildman–Crippen LogP) is 3.12. The smallest absolute Gasteiger partial charge is 0.243 e. The van der Waals surface area contributed by atoms with E-state index in [2.05, 4.69) is 0 Å². The fraction of sp³-hybridized carbons (Fsp3) is 0.714. The molecule has 2 aliphatic carbocycles. The van der Waals surface area contributed by atoms with E-state index in [-0.39, 0.29) is 0 Å². The summed E-state index contributed by atoms with van der Waals surface area (Å²) in [6.07, 6.45) is 7.96. The van der Waals surface area contributed by atoms with Crippen LogP contribution in [0, 0.1) is 18.8 Å². The number of benzene rings is 1. The van der Waals surface area contributed by atoms with Crippen molar-refractivity contribution in [2.45, 2.75) is 74.8 Å². The van der Waals surface area contributed by atoms with Crippen molar-refractivity contribution < 1.29 is 17.9 Å². The number of nitrogens with zero attached hydrogens (tertiary/aromatic N) is 1. The Morgan fingerprint density at radius 3 is 1.85 bits per heavy atom. The number of hydrogen-bond donors (Lipinski definition) is 0. The SMILES string of the molecule is Cc1ccc(S(=O)(=O)N(CC2CCC3OC3C2)CC2CCC3OC3C2)cc1. The van der Waals surface area contributed by atoms with Gasteiger partial charge < -0.3 is 9.47 Å². The van der Waals surface area contributed by atoms with Gasteiger partial charge >= 0.3 is 0 Å². The van der Waals surface area contributed by atoms with Gasteiger partial charge in [0.2, 0.25) is 10.0 Å². The molecule has 6 heteroatoms. The lowest BCUT2D eigenvalue weighted by atomic mass is 9.87. The summed E-state index contributed by atoms with van der Waals surface area (Å²) in [5.74, 6) is 0.810.